The summed E-state index contributed by atoms with van der Waals surface area (Å²) >= 11 is 0. The van der Waals surface area contributed by atoms with Gasteiger partial charge in [0.05, 0.1) is 32.5 Å². The lowest BCUT2D eigenvalue weighted by Gasteiger charge is -2.09. The molecule has 0 saturated heterocycles. The molecule has 0 spiro atoms. The maximum Gasteiger partial charge on any atom is 0.0701 e. The molecular weight excluding hydrogens is 244 g/mol. The Hall–Kier alpha value is -0.160. The summed E-state index contributed by atoms with van der Waals surface area (Å²) in [6, 6.07) is 0. The molecule has 0 rings (SSSR count). The molecule has 4 heteroatoms. The first-order chi connectivity index (χ1) is 9.31. The summed E-state index contributed by atoms with van der Waals surface area (Å²) in [5, 5.41) is 9.52. The lowest BCUT2D eigenvalue weighted by atomic mass is 10.1. The molecule has 0 aliphatic heterocycles. The third-order valence-corrected chi connectivity index (χ3v) is 2.83. The molecule has 0 bridgehead atoms. The summed E-state index contributed by atoms with van der Waals surface area (Å²) in [5.74, 6) is 0. The van der Waals surface area contributed by atoms with Gasteiger partial charge in [-0.2, -0.15) is 0 Å². The smallest absolute Gasteiger partial charge is 0.0701 e. The largest absolute Gasteiger partial charge is 0.393 e. The second-order valence-corrected chi connectivity index (χ2v) is 4.78. The molecule has 0 aromatic carbocycles. The molecule has 4 nitrogen and oxygen atoms in total. The highest BCUT2D eigenvalue weighted by atomic mass is 16.5. The van der Waals surface area contributed by atoms with E-state index in [-0.39, 0.29) is 6.10 Å². The highest BCUT2D eigenvalue weighted by molar-refractivity contribution is 4.53. The van der Waals surface area contributed by atoms with Gasteiger partial charge in [0.1, 0.15) is 0 Å². The minimum atomic E-state index is -0.162. The molecule has 0 amide bonds. The van der Waals surface area contributed by atoms with E-state index in [9.17, 15) is 5.11 Å². The van der Waals surface area contributed by atoms with Crippen molar-refractivity contribution in [3.05, 3.63) is 0 Å². The normalized spacial score (nSPS) is 12.8. The van der Waals surface area contributed by atoms with Crippen LogP contribution >= 0.6 is 0 Å². The van der Waals surface area contributed by atoms with E-state index in [0.717, 1.165) is 38.7 Å². The molecule has 0 saturated carbocycles. The van der Waals surface area contributed by atoms with Crippen molar-refractivity contribution >= 4 is 0 Å². The molecule has 0 radical (unpaired) electrons. The van der Waals surface area contributed by atoms with Crippen molar-refractivity contribution < 1.29 is 19.3 Å². The van der Waals surface area contributed by atoms with Crippen molar-refractivity contribution in [3.63, 3.8) is 0 Å². The molecule has 0 aliphatic rings. The second kappa shape index (κ2) is 15.9. The monoisotopic (exact) mass is 276 g/mol. The van der Waals surface area contributed by atoms with E-state index in [1.54, 1.807) is 0 Å². The zero-order valence-corrected chi connectivity index (χ0v) is 12.7. The van der Waals surface area contributed by atoms with E-state index in [1.807, 2.05) is 0 Å². The molecule has 0 aromatic heterocycles. The lowest BCUT2D eigenvalue weighted by Crippen LogP contribution is -2.11. The molecule has 116 valence electrons. The first-order valence-electron chi connectivity index (χ1n) is 7.72. The Balaban J connectivity index is 2.99. The quantitative estimate of drug-likeness (QED) is 0.467. The first kappa shape index (κ1) is 18.8. The van der Waals surface area contributed by atoms with Crippen LogP contribution in [-0.2, 0) is 14.2 Å². The van der Waals surface area contributed by atoms with Crippen molar-refractivity contribution in [2.45, 2.75) is 58.5 Å². The number of aliphatic hydroxyl groups excluding tert-OH is 1. The van der Waals surface area contributed by atoms with Crippen molar-refractivity contribution in [3.8, 4) is 0 Å². The number of unbranched alkanes of at least 4 members (excludes halogenated alkanes) is 1. The van der Waals surface area contributed by atoms with Gasteiger partial charge >= 0.3 is 0 Å². The van der Waals surface area contributed by atoms with Crippen LogP contribution in [0.2, 0.25) is 0 Å². The summed E-state index contributed by atoms with van der Waals surface area (Å²) < 4.78 is 16.2. The van der Waals surface area contributed by atoms with E-state index in [4.69, 9.17) is 14.2 Å². The zero-order chi connectivity index (χ0) is 14.2. The van der Waals surface area contributed by atoms with Gasteiger partial charge in [-0.3, -0.25) is 0 Å². The Labute approximate surface area is 118 Å². The Kier molecular flexibility index (Phi) is 15.8. The van der Waals surface area contributed by atoms with Gasteiger partial charge in [-0.05, 0) is 25.7 Å². The predicted molar refractivity (Wildman–Crippen MR) is 77.5 cm³/mol. The predicted octanol–water partition coefficient (Wildman–Crippen LogP) is 2.78. The molecule has 0 heterocycles. The number of ether oxygens (including phenoxy) is 3. The van der Waals surface area contributed by atoms with Crippen LogP contribution in [0.25, 0.3) is 0 Å². The van der Waals surface area contributed by atoms with Crippen LogP contribution in [0.5, 0.6) is 0 Å². The topological polar surface area (TPSA) is 47.9 Å². The zero-order valence-electron chi connectivity index (χ0n) is 12.7. The van der Waals surface area contributed by atoms with Gasteiger partial charge in [0.25, 0.3) is 0 Å². The summed E-state index contributed by atoms with van der Waals surface area (Å²) in [5.41, 5.74) is 0. The maximum absolute atomic E-state index is 9.52. The van der Waals surface area contributed by atoms with Crippen LogP contribution in [0.1, 0.15) is 52.4 Å². The summed E-state index contributed by atoms with van der Waals surface area (Å²) in [4.78, 5) is 0. The fourth-order valence-corrected chi connectivity index (χ4v) is 1.69. The van der Waals surface area contributed by atoms with Gasteiger partial charge in [0.2, 0.25) is 0 Å². The molecular formula is C15H32O4. The molecule has 1 N–H and O–H groups in total. The molecule has 0 fully saturated rings. The first-order valence-corrected chi connectivity index (χ1v) is 7.72. The maximum atomic E-state index is 9.52. The fourth-order valence-electron chi connectivity index (χ4n) is 1.69. The molecule has 19 heavy (non-hydrogen) atoms. The van der Waals surface area contributed by atoms with Gasteiger partial charge in [0, 0.05) is 13.2 Å². The van der Waals surface area contributed by atoms with E-state index in [1.165, 1.54) is 6.42 Å². The van der Waals surface area contributed by atoms with Gasteiger partial charge in [-0.15, -0.1) is 0 Å². The van der Waals surface area contributed by atoms with Crippen LogP contribution in [0.4, 0.5) is 0 Å². The van der Waals surface area contributed by atoms with Gasteiger partial charge in [-0.1, -0.05) is 26.7 Å². The Morgan fingerprint density at radius 3 is 1.74 bits per heavy atom. The number of hydrogen-bond acceptors (Lipinski definition) is 4. The van der Waals surface area contributed by atoms with E-state index in [2.05, 4.69) is 13.8 Å². The number of rotatable bonds is 15. The summed E-state index contributed by atoms with van der Waals surface area (Å²) in [6.45, 7) is 8.33. The minimum Gasteiger partial charge on any atom is -0.393 e. The van der Waals surface area contributed by atoms with Gasteiger partial charge in [-0.25, -0.2) is 0 Å². The Morgan fingerprint density at radius 2 is 1.21 bits per heavy atom. The highest BCUT2D eigenvalue weighted by Crippen LogP contribution is 2.04. The molecule has 1 unspecified atom stereocenters. The van der Waals surface area contributed by atoms with Gasteiger partial charge < -0.3 is 19.3 Å². The number of hydrogen-bond donors (Lipinski definition) is 1. The third-order valence-electron chi connectivity index (χ3n) is 2.83. The average Bonchev–Trinajstić information content (AvgIpc) is 2.40. The van der Waals surface area contributed by atoms with Crippen LogP contribution in [0.3, 0.4) is 0 Å². The van der Waals surface area contributed by atoms with Crippen LogP contribution < -0.4 is 0 Å². The van der Waals surface area contributed by atoms with E-state index < -0.39 is 0 Å². The standard InChI is InChI=1S/C15H32O4/c1-3-5-9-17-11-13-19-14-12-18-10-6-8-15(16)7-4-2/h15-16H,3-14H2,1-2H3. The average molecular weight is 276 g/mol. The highest BCUT2D eigenvalue weighted by Gasteiger charge is 2.01. The minimum absolute atomic E-state index is 0.162. The summed E-state index contributed by atoms with van der Waals surface area (Å²) in [6.07, 6.45) is 5.80. The fraction of sp³-hybridized carbons (Fsp3) is 1.00. The third kappa shape index (κ3) is 15.8. The Morgan fingerprint density at radius 1 is 0.684 bits per heavy atom. The summed E-state index contributed by atoms with van der Waals surface area (Å²) in [7, 11) is 0. The van der Waals surface area contributed by atoms with E-state index >= 15 is 0 Å². The van der Waals surface area contributed by atoms with Crippen LogP contribution in [-0.4, -0.2) is 50.9 Å². The van der Waals surface area contributed by atoms with Gasteiger partial charge in [0.15, 0.2) is 0 Å². The SMILES string of the molecule is CCCCOCCOCCOCCCC(O)CCC. The second-order valence-electron chi connectivity index (χ2n) is 4.78. The van der Waals surface area contributed by atoms with Crippen molar-refractivity contribution in [1.82, 2.24) is 0 Å². The molecule has 1 atom stereocenters. The van der Waals surface area contributed by atoms with E-state index in [0.29, 0.717) is 33.0 Å². The Bertz CT molecular complexity index is 164. The molecule has 0 aromatic rings. The number of aliphatic hydroxyl groups is 1. The van der Waals surface area contributed by atoms with Crippen molar-refractivity contribution in [2.24, 2.45) is 0 Å². The van der Waals surface area contributed by atoms with Crippen LogP contribution in [0.15, 0.2) is 0 Å². The molecule has 0 aliphatic carbocycles. The lowest BCUT2D eigenvalue weighted by molar-refractivity contribution is 0.0118. The van der Waals surface area contributed by atoms with Crippen molar-refractivity contribution in [2.75, 3.05) is 39.6 Å². The van der Waals surface area contributed by atoms with Crippen molar-refractivity contribution in [1.29, 1.82) is 0 Å². The van der Waals surface area contributed by atoms with Crippen LogP contribution in [0, 0.1) is 0 Å².